The molecule has 0 aliphatic carbocycles. The molecule has 23 heavy (non-hydrogen) atoms. The van der Waals surface area contributed by atoms with Gasteiger partial charge < -0.3 is 5.32 Å². The van der Waals surface area contributed by atoms with Crippen LogP contribution in [-0.2, 0) is 19.6 Å². The van der Waals surface area contributed by atoms with Gasteiger partial charge in [-0.1, -0.05) is 77.0 Å². The third kappa shape index (κ3) is 6.64. The minimum Gasteiger partial charge on any atom is -0.313 e. The van der Waals surface area contributed by atoms with E-state index in [1.807, 2.05) is 0 Å². The highest BCUT2D eigenvalue weighted by molar-refractivity contribution is 5.34. The normalized spacial score (nSPS) is 14.3. The summed E-state index contributed by atoms with van der Waals surface area (Å²) in [5.41, 5.74) is 4.53. The lowest BCUT2D eigenvalue weighted by molar-refractivity contribution is 0.276. The first-order valence-corrected chi connectivity index (χ1v) is 9.87. The Kier molecular flexibility index (Phi) is 8.70. The van der Waals surface area contributed by atoms with E-state index < -0.39 is 0 Å². The minimum atomic E-state index is 1.00. The zero-order valence-electron chi connectivity index (χ0n) is 15.4. The van der Waals surface area contributed by atoms with Gasteiger partial charge >= 0.3 is 0 Å². The molecular formula is C21H36N2. The van der Waals surface area contributed by atoms with Gasteiger partial charge in [0.1, 0.15) is 0 Å². The predicted molar refractivity (Wildman–Crippen MR) is 101 cm³/mol. The van der Waals surface area contributed by atoms with Crippen molar-refractivity contribution < 1.29 is 0 Å². The van der Waals surface area contributed by atoms with E-state index in [4.69, 9.17) is 0 Å². The van der Waals surface area contributed by atoms with Gasteiger partial charge in [-0.3, -0.25) is 4.90 Å². The molecule has 0 amide bonds. The summed E-state index contributed by atoms with van der Waals surface area (Å²) in [5, 5.41) is 3.42. The number of unbranched alkanes of at least 4 members (excludes halogenated alkanes) is 7. The molecule has 0 atom stereocenters. The molecule has 1 aliphatic heterocycles. The average Bonchev–Trinajstić information content (AvgIpc) is 2.97. The molecule has 0 saturated carbocycles. The molecule has 0 bridgehead atoms. The van der Waals surface area contributed by atoms with Crippen molar-refractivity contribution in [3.8, 4) is 0 Å². The third-order valence-electron chi connectivity index (χ3n) is 4.97. The molecule has 2 rings (SSSR count). The lowest BCUT2D eigenvalue weighted by atomic mass is 10.1. The second-order valence-corrected chi connectivity index (χ2v) is 7.07. The van der Waals surface area contributed by atoms with Gasteiger partial charge in [-0.15, -0.1) is 0 Å². The smallest absolute Gasteiger partial charge is 0.0240 e. The van der Waals surface area contributed by atoms with E-state index in [9.17, 15) is 0 Å². The highest BCUT2D eigenvalue weighted by Crippen LogP contribution is 2.24. The fraction of sp³-hybridized carbons (Fsp3) is 0.714. The Bertz CT molecular complexity index is 441. The van der Waals surface area contributed by atoms with Crippen LogP contribution >= 0.6 is 0 Å². The molecule has 1 aromatic rings. The summed E-state index contributed by atoms with van der Waals surface area (Å²) in [4.78, 5) is 2.62. The molecule has 2 heteroatoms. The average molecular weight is 317 g/mol. The van der Waals surface area contributed by atoms with E-state index >= 15 is 0 Å². The second-order valence-electron chi connectivity index (χ2n) is 7.07. The van der Waals surface area contributed by atoms with Crippen LogP contribution in [0.5, 0.6) is 0 Å². The molecule has 0 saturated heterocycles. The Balaban J connectivity index is 1.60. The Morgan fingerprint density at radius 1 is 0.870 bits per heavy atom. The molecule has 0 spiro atoms. The zero-order chi connectivity index (χ0) is 16.3. The topological polar surface area (TPSA) is 15.3 Å². The molecule has 130 valence electrons. The molecular weight excluding hydrogens is 280 g/mol. The SMILES string of the molecule is CCCCCCCCCCN1Cc2ccc(CNCC)cc2C1. The molecule has 0 fully saturated rings. The predicted octanol–water partition coefficient (Wildman–Crippen LogP) is 5.25. The van der Waals surface area contributed by atoms with Crippen LogP contribution < -0.4 is 5.32 Å². The van der Waals surface area contributed by atoms with Crippen molar-refractivity contribution in [1.82, 2.24) is 10.2 Å². The van der Waals surface area contributed by atoms with Crippen LogP contribution in [-0.4, -0.2) is 18.0 Å². The van der Waals surface area contributed by atoms with E-state index in [1.165, 1.54) is 63.5 Å². The number of rotatable bonds is 12. The van der Waals surface area contributed by atoms with Crippen LogP contribution in [0.1, 0.15) is 81.9 Å². The molecule has 1 aromatic carbocycles. The lowest BCUT2D eigenvalue weighted by Gasteiger charge is -2.14. The van der Waals surface area contributed by atoms with E-state index in [1.54, 1.807) is 11.1 Å². The first-order chi connectivity index (χ1) is 11.3. The molecule has 2 nitrogen and oxygen atoms in total. The fourth-order valence-corrected chi connectivity index (χ4v) is 3.53. The van der Waals surface area contributed by atoms with Crippen molar-refractivity contribution in [2.45, 2.75) is 84.8 Å². The first-order valence-electron chi connectivity index (χ1n) is 9.87. The van der Waals surface area contributed by atoms with Crippen molar-refractivity contribution in [1.29, 1.82) is 0 Å². The number of benzene rings is 1. The van der Waals surface area contributed by atoms with E-state index in [-0.39, 0.29) is 0 Å². The van der Waals surface area contributed by atoms with Gasteiger partial charge in [0.25, 0.3) is 0 Å². The third-order valence-corrected chi connectivity index (χ3v) is 4.97. The Hall–Kier alpha value is -0.860. The summed E-state index contributed by atoms with van der Waals surface area (Å²) in [5.74, 6) is 0. The highest BCUT2D eigenvalue weighted by Gasteiger charge is 2.18. The summed E-state index contributed by atoms with van der Waals surface area (Å²) in [6, 6.07) is 7.04. The van der Waals surface area contributed by atoms with Crippen LogP contribution in [0.15, 0.2) is 18.2 Å². The van der Waals surface area contributed by atoms with E-state index in [2.05, 4.69) is 42.3 Å². The largest absolute Gasteiger partial charge is 0.313 e. The second kappa shape index (κ2) is 10.8. The summed E-state index contributed by atoms with van der Waals surface area (Å²) in [6.45, 7) is 10.1. The molecule has 0 radical (unpaired) electrons. The molecule has 1 heterocycles. The van der Waals surface area contributed by atoms with Gasteiger partial charge in [0.2, 0.25) is 0 Å². The Morgan fingerprint density at radius 3 is 2.30 bits per heavy atom. The van der Waals surface area contributed by atoms with Gasteiger partial charge in [-0.2, -0.15) is 0 Å². The van der Waals surface area contributed by atoms with E-state index in [0.29, 0.717) is 0 Å². The zero-order valence-corrected chi connectivity index (χ0v) is 15.4. The van der Waals surface area contributed by atoms with Crippen LogP contribution in [0.4, 0.5) is 0 Å². The van der Waals surface area contributed by atoms with Crippen LogP contribution in [0, 0.1) is 0 Å². The van der Waals surface area contributed by atoms with Crippen LogP contribution in [0.25, 0.3) is 0 Å². The number of nitrogens with one attached hydrogen (secondary N) is 1. The van der Waals surface area contributed by atoms with Gasteiger partial charge in [0.15, 0.2) is 0 Å². The quantitative estimate of drug-likeness (QED) is 0.530. The van der Waals surface area contributed by atoms with Crippen molar-refractivity contribution in [3.63, 3.8) is 0 Å². The van der Waals surface area contributed by atoms with Crippen LogP contribution in [0.2, 0.25) is 0 Å². The Labute approximate surface area is 143 Å². The maximum atomic E-state index is 3.42. The summed E-state index contributed by atoms with van der Waals surface area (Å²) in [7, 11) is 0. The molecule has 1 N–H and O–H groups in total. The van der Waals surface area contributed by atoms with Crippen molar-refractivity contribution in [2.24, 2.45) is 0 Å². The summed E-state index contributed by atoms with van der Waals surface area (Å²) >= 11 is 0. The minimum absolute atomic E-state index is 1.00. The fourth-order valence-electron chi connectivity index (χ4n) is 3.53. The maximum Gasteiger partial charge on any atom is 0.0240 e. The van der Waals surface area contributed by atoms with Gasteiger partial charge in [0.05, 0.1) is 0 Å². The maximum absolute atomic E-state index is 3.42. The standard InChI is InChI=1S/C21H36N2/c1-3-5-6-7-8-9-10-11-14-23-17-20-13-12-19(16-22-4-2)15-21(20)18-23/h12-13,15,22H,3-11,14,16-18H2,1-2H3. The summed E-state index contributed by atoms with van der Waals surface area (Å²) < 4.78 is 0. The van der Waals surface area contributed by atoms with Crippen molar-refractivity contribution in [3.05, 3.63) is 34.9 Å². The summed E-state index contributed by atoms with van der Waals surface area (Å²) in [6.07, 6.45) is 11.3. The lowest BCUT2D eigenvalue weighted by Crippen LogP contribution is -2.17. The molecule has 0 aromatic heterocycles. The number of hydrogen-bond donors (Lipinski definition) is 1. The molecule has 0 unspecified atom stereocenters. The van der Waals surface area contributed by atoms with Gasteiger partial charge in [0, 0.05) is 19.6 Å². The monoisotopic (exact) mass is 316 g/mol. The van der Waals surface area contributed by atoms with Crippen molar-refractivity contribution in [2.75, 3.05) is 13.1 Å². The van der Waals surface area contributed by atoms with Gasteiger partial charge in [-0.05, 0) is 36.2 Å². The molecule has 1 aliphatic rings. The van der Waals surface area contributed by atoms with Crippen molar-refractivity contribution >= 4 is 0 Å². The van der Waals surface area contributed by atoms with Crippen LogP contribution in [0.3, 0.4) is 0 Å². The number of hydrogen-bond acceptors (Lipinski definition) is 2. The highest BCUT2D eigenvalue weighted by atomic mass is 15.1. The number of nitrogens with zero attached hydrogens (tertiary/aromatic N) is 1. The Morgan fingerprint density at radius 2 is 1.57 bits per heavy atom. The number of fused-ring (bicyclic) bond motifs is 1. The van der Waals surface area contributed by atoms with E-state index in [0.717, 1.165) is 26.2 Å². The van der Waals surface area contributed by atoms with Gasteiger partial charge in [-0.25, -0.2) is 0 Å². The first kappa shape index (κ1) is 18.5.